The molecule has 0 saturated heterocycles. The lowest BCUT2D eigenvalue weighted by Gasteiger charge is -2.01. The summed E-state index contributed by atoms with van der Waals surface area (Å²) < 4.78 is 0.734. The summed E-state index contributed by atoms with van der Waals surface area (Å²) in [6.45, 7) is 2.67. The van der Waals surface area contributed by atoms with Gasteiger partial charge in [0.05, 0.1) is 29.6 Å². The van der Waals surface area contributed by atoms with E-state index in [0.717, 1.165) is 21.1 Å². The van der Waals surface area contributed by atoms with Gasteiger partial charge in [0.1, 0.15) is 10.4 Å². The molecule has 6 heteroatoms. The van der Waals surface area contributed by atoms with E-state index >= 15 is 0 Å². The fraction of sp³-hybridized carbons (Fsp3) is 0.222. The molecule has 0 aliphatic heterocycles. The molecule has 0 spiro atoms. The number of thiazole rings is 1. The molecule has 0 fully saturated rings. The zero-order valence-electron chi connectivity index (χ0n) is 8.07. The Morgan fingerprint density at radius 3 is 2.87 bits per heavy atom. The van der Waals surface area contributed by atoms with Gasteiger partial charge >= 0.3 is 0 Å². The second-order valence-corrected chi connectivity index (χ2v) is 4.81. The summed E-state index contributed by atoms with van der Waals surface area (Å²) in [5.41, 5.74) is 1.03. The summed E-state index contributed by atoms with van der Waals surface area (Å²) in [6, 6.07) is 0. The van der Waals surface area contributed by atoms with Crippen molar-refractivity contribution in [2.24, 2.45) is 0 Å². The molecule has 0 amide bonds. The number of halogens is 1. The van der Waals surface area contributed by atoms with Gasteiger partial charge in [-0.25, -0.2) is 15.0 Å². The zero-order chi connectivity index (χ0) is 10.7. The first-order chi connectivity index (χ1) is 7.24. The van der Waals surface area contributed by atoms with Crippen LogP contribution in [0.2, 0.25) is 0 Å². The molecule has 4 nitrogen and oxygen atoms in total. The SMILES string of the molecule is Cc1nc(CNc2cnc(Br)cn2)cs1. The minimum Gasteiger partial charge on any atom is -0.363 e. The summed E-state index contributed by atoms with van der Waals surface area (Å²) in [6.07, 6.45) is 3.35. The van der Waals surface area contributed by atoms with Crippen LogP contribution < -0.4 is 5.32 Å². The lowest BCUT2D eigenvalue weighted by atomic mass is 10.5. The highest BCUT2D eigenvalue weighted by molar-refractivity contribution is 9.10. The molecule has 0 saturated carbocycles. The molecular weight excluding hydrogens is 276 g/mol. The normalized spacial score (nSPS) is 10.3. The lowest BCUT2D eigenvalue weighted by Crippen LogP contribution is -2.01. The van der Waals surface area contributed by atoms with Crippen LogP contribution in [0.15, 0.2) is 22.4 Å². The molecule has 0 atom stereocenters. The van der Waals surface area contributed by atoms with E-state index in [4.69, 9.17) is 0 Å². The molecule has 2 aromatic heterocycles. The molecule has 1 N–H and O–H groups in total. The highest BCUT2D eigenvalue weighted by Crippen LogP contribution is 2.10. The summed E-state index contributed by atoms with van der Waals surface area (Å²) in [5, 5.41) is 6.27. The van der Waals surface area contributed by atoms with Gasteiger partial charge in [-0.3, -0.25) is 0 Å². The van der Waals surface area contributed by atoms with Crippen molar-refractivity contribution in [3.63, 3.8) is 0 Å². The van der Waals surface area contributed by atoms with Gasteiger partial charge in [0, 0.05) is 5.38 Å². The fourth-order valence-corrected chi connectivity index (χ4v) is 1.89. The summed E-state index contributed by atoms with van der Waals surface area (Å²) >= 11 is 4.88. The number of anilines is 1. The number of aromatic nitrogens is 3. The molecule has 15 heavy (non-hydrogen) atoms. The Balaban J connectivity index is 1.96. The molecule has 0 bridgehead atoms. The summed E-state index contributed by atoms with van der Waals surface area (Å²) in [5.74, 6) is 0.754. The predicted octanol–water partition coefficient (Wildman–Crippen LogP) is 2.62. The first-order valence-corrected chi connectivity index (χ1v) is 6.04. The van der Waals surface area contributed by atoms with Gasteiger partial charge in [-0.05, 0) is 22.9 Å². The third kappa shape index (κ3) is 2.97. The van der Waals surface area contributed by atoms with Gasteiger partial charge in [0.15, 0.2) is 0 Å². The molecule has 78 valence electrons. The second kappa shape index (κ2) is 4.67. The van der Waals surface area contributed by atoms with Gasteiger partial charge in [0.25, 0.3) is 0 Å². The summed E-state index contributed by atoms with van der Waals surface area (Å²) in [4.78, 5) is 12.6. The number of nitrogens with zero attached hydrogens (tertiary/aromatic N) is 3. The average molecular weight is 285 g/mol. The van der Waals surface area contributed by atoms with Crippen molar-refractivity contribution in [2.45, 2.75) is 13.5 Å². The average Bonchev–Trinajstić information content (AvgIpc) is 2.64. The van der Waals surface area contributed by atoms with Crippen molar-refractivity contribution < 1.29 is 0 Å². The first kappa shape index (κ1) is 10.5. The lowest BCUT2D eigenvalue weighted by molar-refractivity contribution is 1.02. The number of hydrogen-bond acceptors (Lipinski definition) is 5. The molecule has 0 aromatic carbocycles. The zero-order valence-corrected chi connectivity index (χ0v) is 10.5. The Hall–Kier alpha value is -1.01. The monoisotopic (exact) mass is 284 g/mol. The minimum absolute atomic E-state index is 0.681. The Labute approximate surface area is 99.9 Å². The van der Waals surface area contributed by atoms with Crippen LogP contribution >= 0.6 is 27.3 Å². The Morgan fingerprint density at radius 1 is 1.40 bits per heavy atom. The van der Waals surface area contributed by atoms with Crippen molar-refractivity contribution in [1.29, 1.82) is 0 Å². The van der Waals surface area contributed by atoms with Crippen LogP contribution in [0.3, 0.4) is 0 Å². The minimum atomic E-state index is 0.681. The van der Waals surface area contributed by atoms with Crippen molar-refractivity contribution >= 4 is 33.1 Å². The highest BCUT2D eigenvalue weighted by atomic mass is 79.9. The molecule has 0 unspecified atom stereocenters. The molecular formula is C9H9BrN4S. The van der Waals surface area contributed by atoms with E-state index in [9.17, 15) is 0 Å². The fourth-order valence-electron chi connectivity index (χ4n) is 1.07. The number of hydrogen-bond donors (Lipinski definition) is 1. The maximum atomic E-state index is 4.34. The quantitative estimate of drug-likeness (QED) is 0.941. The molecule has 2 rings (SSSR count). The van der Waals surface area contributed by atoms with E-state index in [2.05, 4.69) is 36.2 Å². The van der Waals surface area contributed by atoms with Crippen LogP contribution in [0.25, 0.3) is 0 Å². The maximum absolute atomic E-state index is 4.34. The van der Waals surface area contributed by atoms with Crippen molar-refractivity contribution in [1.82, 2.24) is 15.0 Å². The van der Waals surface area contributed by atoms with E-state index in [0.29, 0.717) is 6.54 Å². The van der Waals surface area contributed by atoms with Gasteiger partial charge in [-0.15, -0.1) is 11.3 Å². The van der Waals surface area contributed by atoms with Crippen LogP contribution in [0.4, 0.5) is 5.82 Å². The highest BCUT2D eigenvalue weighted by Gasteiger charge is 1.99. The van der Waals surface area contributed by atoms with E-state index < -0.39 is 0 Å². The number of nitrogens with one attached hydrogen (secondary N) is 1. The van der Waals surface area contributed by atoms with Crippen LogP contribution in [0.1, 0.15) is 10.7 Å². The Kier molecular flexibility index (Phi) is 3.27. The van der Waals surface area contributed by atoms with Crippen molar-refractivity contribution in [3.8, 4) is 0 Å². The van der Waals surface area contributed by atoms with E-state index in [1.54, 1.807) is 23.7 Å². The van der Waals surface area contributed by atoms with Gasteiger partial charge in [-0.2, -0.15) is 0 Å². The Morgan fingerprint density at radius 2 is 2.27 bits per heavy atom. The van der Waals surface area contributed by atoms with Gasteiger partial charge in [-0.1, -0.05) is 0 Å². The number of aryl methyl sites for hydroxylation is 1. The van der Waals surface area contributed by atoms with E-state index in [-0.39, 0.29) is 0 Å². The molecule has 0 aliphatic carbocycles. The van der Waals surface area contributed by atoms with E-state index in [1.165, 1.54) is 0 Å². The van der Waals surface area contributed by atoms with Crippen LogP contribution in [0.5, 0.6) is 0 Å². The van der Waals surface area contributed by atoms with Crippen molar-refractivity contribution in [3.05, 3.63) is 33.1 Å². The molecule has 0 aliphatic rings. The third-order valence-corrected chi connectivity index (χ3v) is 2.97. The van der Waals surface area contributed by atoms with Crippen LogP contribution in [-0.2, 0) is 6.54 Å². The number of rotatable bonds is 3. The molecule has 2 heterocycles. The standard InChI is InChI=1S/C9H9BrN4S/c1-6-14-7(5-15-6)2-12-9-4-11-8(10)3-13-9/h3-5H,2H2,1H3,(H,12,13). The second-order valence-electron chi connectivity index (χ2n) is 2.94. The topological polar surface area (TPSA) is 50.7 Å². The molecule has 0 radical (unpaired) electrons. The molecule has 2 aromatic rings. The van der Waals surface area contributed by atoms with Crippen LogP contribution in [-0.4, -0.2) is 15.0 Å². The summed E-state index contributed by atoms with van der Waals surface area (Å²) in [7, 11) is 0. The first-order valence-electron chi connectivity index (χ1n) is 4.36. The van der Waals surface area contributed by atoms with E-state index in [1.807, 2.05) is 12.3 Å². The Bertz CT molecular complexity index is 440. The predicted molar refractivity (Wildman–Crippen MR) is 63.9 cm³/mol. The smallest absolute Gasteiger partial charge is 0.144 e. The van der Waals surface area contributed by atoms with Gasteiger partial charge < -0.3 is 5.32 Å². The van der Waals surface area contributed by atoms with Crippen LogP contribution in [0, 0.1) is 6.92 Å². The maximum Gasteiger partial charge on any atom is 0.144 e. The van der Waals surface area contributed by atoms with Gasteiger partial charge in [0.2, 0.25) is 0 Å². The van der Waals surface area contributed by atoms with Crippen molar-refractivity contribution in [2.75, 3.05) is 5.32 Å². The third-order valence-electron chi connectivity index (χ3n) is 1.74. The largest absolute Gasteiger partial charge is 0.363 e.